The molecular weight excluding hydrogens is 292 g/mol. The second kappa shape index (κ2) is 5.62. The summed E-state index contributed by atoms with van der Waals surface area (Å²) in [5.41, 5.74) is 0.871. The first kappa shape index (κ1) is 14.7. The molecule has 2 fully saturated rings. The van der Waals surface area contributed by atoms with Gasteiger partial charge in [0.15, 0.2) is 0 Å². The lowest BCUT2D eigenvalue weighted by atomic mass is 9.85. The van der Waals surface area contributed by atoms with E-state index < -0.39 is 0 Å². The van der Waals surface area contributed by atoms with Crippen molar-refractivity contribution in [2.75, 3.05) is 13.1 Å². The molecule has 0 aromatic heterocycles. The number of fused-ring (bicyclic) bond motifs is 5. The molecule has 1 saturated heterocycles. The van der Waals surface area contributed by atoms with Gasteiger partial charge in [0.1, 0.15) is 0 Å². The van der Waals surface area contributed by atoms with Crippen molar-refractivity contribution in [1.29, 1.82) is 0 Å². The fraction of sp³-hybridized carbons (Fsp3) is 0.611. The number of likely N-dealkylation sites (tertiary alicyclic amines) is 1. The number of rotatable bonds is 5. The predicted molar refractivity (Wildman–Crippen MR) is 84.0 cm³/mol. The van der Waals surface area contributed by atoms with Crippen LogP contribution in [0.25, 0.3) is 0 Å². The zero-order valence-electron chi connectivity index (χ0n) is 13.2. The van der Waals surface area contributed by atoms with E-state index in [1.165, 1.54) is 4.90 Å². The summed E-state index contributed by atoms with van der Waals surface area (Å²) in [6.07, 6.45) is 10.7. The lowest BCUT2D eigenvalue weighted by molar-refractivity contribution is -0.140. The molecule has 4 atom stereocenters. The van der Waals surface area contributed by atoms with Crippen LogP contribution in [0.1, 0.15) is 32.1 Å². The topological polar surface area (TPSA) is 66.5 Å². The summed E-state index contributed by atoms with van der Waals surface area (Å²) in [6.45, 7) is 0.928. The highest BCUT2D eigenvalue weighted by Crippen LogP contribution is 2.52. The maximum Gasteiger partial charge on any atom is 0.246 e. The van der Waals surface area contributed by atoms with Crippen LogP contribution >= 0.6 is 0 Å². The number of carbonyl (C=O) groups is 3. The predicted octanol–water partition coefficient (Wildman–Crippen LogP) is 1.41. The molecule has 1 heterocycles. The number of allylic oxidation sites excluding steroid dienone is 3. The highest BCUT2D eigenvalue weighted by molar-refractivity contribution is 6.06. The number of hydrogen-bond donors (Lipinski definition) is 1. The van der Waals surface area contributed by atoms with Crippen LogP contribution < -0.4 is 5.32 Å². The maximum atomic E-state index is 12.5. The molecule has 3 amide bonds. The molecule has 1 aliphatic heterocycles. The second-order valence-corrected chi connectivity index (χ2v) is 7.06. The van der Waals surface area contributed by atoms with E-state index in [4.69, 9.17) is 0 Å². The number of nitrogens with one attached hydrogen (secondary N) is 1. The summed E-state index contributed by atoms with van der Waals surface area (Å²) in [4.78, 5) is 38.3. The molecule has 1 saturated carbocycles. The fourth-order valence-electron chi connectivity index (χ4n) is 4.61. The third kappa shape index (κ3) is 2.33. The number of nitrogens with zero attached hydrogens (tertiary/aromatic N) is 1. The molecule has 0 spiro atoms. The van der Waals surface area contributed by atoms with Crippen LogP contribution in [0.3, 0.4) is 0 Å². The normalized spacial score (nSPS) is 34.3. The van der Waals surface area contributed by atoms with Gasteiger partial charge in [-0.05, 0) is 43.9 Å². The molecule has 0 radical (unpaired) electrons. The van der Waals surface area contributed by atoms with Crippen molar-refractivity contribution in [2.24, 2.45) is 23.7 Å². The van der Waals surface area contributed by atoms with E-state index >= 15 is 0 Å². The summed E-state index contributed by atoms with van der Waals surface area (Å²) in [5.74, 6) is 0.302. The van der Waals surface area contributed by atoms with Crippen molar-refractivity contribution < 1.29 is 14.4 Å². The van der Waals surface area contributed by atoms with Crippen LogP contribution in [0.5, 0.6) is 0 Å². The van der Waals surface area contributed by atoms with E-state index in [1.54, 1.807) is 0 Å². The molecule has 0 aromatic rings. The molecule has 23 heavy (non-hydrogen) atoms. The van der Waals surface area contributed by atoms with Gasteiger partial charge in [0.05, 0.1) is 11.8 Å². The standard InChI is InChI=1S/C18H22N2O3/c21-16(11-4-1-2-5-11)19-8-3-9-20-17(22)14-12-6-7-13(10-12)15(14)18(20)23/h4,6-7,12-15H,1-3,5,8-10H2,(H,19,21). The summed E-state index contributed by atoms with van der Waals surface area (Å²) in [7, 11) is 0. The van der Waals surface area contributed by atoms with Crippen LogP contribution in [0.15, 0.2) is 23.8 Å². The van der Waals surface area contributed by atoms with Gasteiger partial charge in [-0.3, -0.25) is 19.3 Å². The van der Waals surface area contributed by atoms with Crippen LogP contribution in [-0.2, 0) is 14.4 Å². The van der Waals surface area contributed by atoms with Crippen molar-refractivity contribution in [3.63, 3.8) is 0 Å². The first-order valence-electron chi connectivity index (χ1n) is 8.67. The average molecular weight is 314 g/mol. The molecule has 3 aliphatic carbocycles. The minimum Gasteiger partial charge on any atom is -0.352 e. The van der Waals surface area contributed by atoms with Crippen LogP contribution in [0.2, 0.25) is 0 Å². The number of amides is 3. The highest BCUT2D eigenvalue weighted by atomic mass is 16.2. The first-order chi connectivity index (χ1) is 11.2. The van der Waals surface area contributed by atoms with Gasteiger partial charge in [-0.15, -0.1) is 0 Å². The molecular formula is C18H22N2O3. The van der Waals surface area contributed by atoms with E-state index in [1.807, 2.05) is 6.08 Å². The Hall–Kier alpha value is -1.91. The third-order valence-electron chi connectivity index (χ3n) is 5.74. The highest BCUT2D eigenvalue weighted by Gasteiger charge is 2.58. The lowest BCUT2D eigenvalue weighted by Crippen LogP contribution is -2.36. The van der Waals surface area contributed by atoms with Gasteiger partial charge in [0.2, 0.25) is 17.7 Å². The quantitative estimate of drug-likeness (QED) is 0.474. The Balaban J connectivity index is 1.28. The Labute approximate surface area is 135 Å². The molecule has 5 nitrogen and oxygen atoms in total. The van der Waals surface area contributed by atoms with E-state index in [0.717, 1.165) is 31.3 Å². The van der Waals surface area contributed by atoms with Crippen molar-refractivity contribution in [3.8, 4) is 0 Å². The number of hydrogen-bond acceptors (Lipinski definition) is 3. The zero-order chi connectivity index (χ0) is 16.0. The Bertz CT molecular complexity index is 592. The van der Waals surface area contributed by atoms with Crippen molar-refractivity contribution >= 4 is 17.7 Å². The largest absolute Gasteiger partial charge is 0.352 e. The van der Waals surface area contributed by atoms with Gasteiger partial charge in [-0.1, -0.05) is 18.2 Å². The monoisotopic (exact) mass is 314 g/mol. The Morgan fingerprint density at radius 2 is 1.87 bits per heavy atom. The van der Waals surface area contributed by atoms with Crippen LogP contribution in [0, 0.1) is 23.7 Å². The summed E-state index contributed by atoms with van der Waals surface area (Å²) >= 11 is 0. The Kier molecular flexibility index (Phi) is 3.58. The molecule has 1 N–H and O–H groups in total. The van der Waals surface area contributed by atoms with Gasteiger partial charge in [-0.2, -0.15) is 0 Å². The molecule has 4 unspecified atom stereocenters. The van der Waals surface area contributed by atoms with Gasteiger partial charge < -0.3 is 5.32 Å². The van der Waals surface area contributed by atoms with Gasteiger partial charge in [-0.25, -0.2) is 0 Å². The third-order valence-corrected chi connectivity index (χ3v) is 5.74. The lowest BCUT2D eigenvalue weighted by Gasteiger charge is -2.17. The summed E-state index contributed by atoms with van der Waals surface area (Å²) in [6, 6.07) is 0. The minimum atomic E-state index is -0.115. The molecule has 0 aromatic carbocycles. The first-order valence-corrected chi connectivity index (χ1v) is 8.67. The van der Waals surface area contributed by atoms with Crippen LogP contribution in [0.4, 0.5) is 0 Å². The molecule has 4 rings (SSSR count). The van der Waals surface area contributed by atoms with Crippen LogP contribution in [-0.4, -0.2) is 35.7 Å². The average Bonchev–Trinajstić information content (AvgIpc) is 3.30. The summed E-state index contributed by atoms with van der Waals surface area (Å²) < 4.78 is 0. The number of imide groups is 1. The summed E-state index contributed by atoms with van der Waals surface area (Å²) in [5, 5.41) is 2.89. The molecule has 122 valence electrons. The minimum absolute atomic E-state index is 0.000638. The SMILES string of the molecule is O=C(NCCCN1C(=O)C2C3C=CC(C3)C2C1=O)C1=CCCC1. The second-order valence-electron chi connectivity index (χ2n) is 7.06. The molecule has 4 aliphatic rings. The van der Waals surface area contributed by atoms with E-state index in [-0.39, 0.29) is 41.4 Å². The van der Waals surface area contributed by atoms with Crippen molar-refractivity contribution in [2.45, 2.75) is 32.1 Å². The smallest absolute Gasteiger partial charge is 0.246 e. The molecule has 2 bridgehead atoms. The van der Waals surface area contributed by atoms with Gasteiger partial charge in [0, 0.05) is 18.7 Å². The van der Waals surface area contributed by atoms with Crippen molar-refractivity contribution in [3.05, 3.63) is 23.8 Å². The van der Waals surface area contributed by atoms with E-state index in [2.05, 4.69) is 17.5 Å². The van der Waals surface area contributed by atoms with E-state index in [0.29, 0.717) is 19.5 Å². The van der Waals surface area contributed by atoms with Gasteiger partial charge >= 0.3 is 0 Å². The Morgan fingerprint density at radius 1 is 1.17 bits per heavy atom. The fourth-order valence-corrected chi connectivity index (χ4v) is 4.61. The van der Waals surface area contributed by atoms with Crippen molar-refractivity contribution in [1.82, 2.24) is 10.2 Å². The number of carbonyl (C=O) groups excluding carboxylic acids is 3. The Morgan fingerprint density at radius 3 is 2.48 bits per heavy atom. The zero-order valence-corrected chi connectivity index (χ0v) is 13.2. The van der Waals surface area contributed by atoms with E-state index in [9.17, 15) is 14.4 Å². The maximum absolute atomic E-state index is 12.5. The molecule has 5 heteroatoms. The van der Waals surface area contributed by atoms with Gasteiger partial charge in [0.25, 0.3) is 0 Å².